The van der Waals surface area contributed by atoms with Gasteiger partial charge in [-0.3, -0.25) is 4.79 Å². The van der Waals surface area contributed by atoms with Crippen molar-refractivity contribution in [3.05, 3.63) is 47.5 Å². The van der Waals surface area contributed by atoms with Crippen LogP contribution in [-0.2, 0) is 17.1 Å². The zero-order valence-electron chi connectivity index (χ0n) is 13.9. The summed E-state index contributed by atoms with van der Waals surface area (Å²) in [6, 6.07) is 6.62. The molecule has 9 heteroatoms. The maximum absolute atomic E-state index is 14.0. The van der Waals surface area contributed by atoms with Crippen LogP contribution in [0.5, 0.6) is 0 Å². The van der Waals surface area contributed by atoms with Crippen molar-refractivity contribution < 1.29 is 17.6 Å². The second-order valence-electron chi connectivity index (χ2n) is 5.68. The normalized spacial score (nSPS) is 11.4. The zero-order chi connectivity index (χ0) is 18.8. The fourth-order valence-corrected chi connectivity index (χ4v) is 3.51. The summed E-state index contributed by atoms with van der Waals surface area (Å²) in [5.41, 5.74) is -0.324. The third-order valence-corrected chi connectivity index (χ3v) is 4.91. The summed E-state index contributed by atoms with van der Waals surface area (Å²) >= 11 is 0. The van der Waals surface area contributed by atoms with Gasteiger partial charge in [-0.2, -0.15) is 5.26 Å². The molecular weight excluding hydrogens is 347 g/mol. The van der Waals surface area contributed by atoms with Crippen molar-refractivity contribution in [3.63, 3.8) is 0 Å². The molecule has 25 heavy (non-hydrogen) atoms. The van der Waals surface area contributed by atoms with Gasteiger partial charge in [0.15, 0.2) is 5.82 Å². The number of aromatic nitrogens is 1. The maximum Gasteiger partial charge on any atom is 0.272 e. The van der Waals surface area contributed by atoms with E-state index in [1.807, 2.05) is 0 Å². The van der Waals surface area contributed by atoms with Gasteiger partial charge in [0.25, 0.3) is 5.91 Å². The number of nitrogens with zero attached hydrogens (tertiary/aromatic N) is 2. The van der Waals surface area contributed by atoms with Gasteiger partial charge in [0.05, 0.1) is 11.3 Å². The number of anilines is 1. The Balaban J connectivity index is 2.32. The van der Waals surface area contributed by atoms with Gasteiger partial charge < -0.3 is 9.88 Å². The molecule has 0 spiro atoms. The van der Waals surface area contributed by atoms with Crippen LogP contribution >= 0.6 is 0 Å². The van der Waals surface area contributed by atoms with Gasteiger partial charge in [-0.15, -0.1) is 0 Å². The Morgan fingerprint density at radius 2 is 2.04 bits per heavy atom. The number of sulfonamides is 1. The number of carbonyl (C=O) groups is 1. The SMILES string of the molecule is CC(C)NS(=O)(=O)c1cc(C(=O)Nc2cccc(C#N)c2F)n(C)c1. The summed E-state index contributed by atoms with van der Waals surface area (Å²) in [6.45, 7) is 3.36. The molecule has 7 nitrogen and oxygen atoms in total. The van der Waals surface area contributed by atoms with Crippen molar-refractivity contribution in [1.29, 1.82) is 5.26 Å². The number of nitriles is 1. The van der Waals surface area contributed by atoms with Crippen LogP contribution in [-0.4, -0.2) is 24.9 Å². The predicted molar refractivity (Wildman–Crippen MR) is 89.9 cm³/mol. The summed E-state index contributed by atoms with van der Waals surface area (Å²) in [7, 11) is -2.25. The van der Waals surface area contributed by atoms with Crippen LogP contribution < -0.4 is 10.0 Å². The van der Waals surface area contributed by atoms with E-state index in [0.717, 1.165) is 0 Å². The predicted octanol–water partition coefficient (Wildman–Crippen LogP) is 1.97. The molecule has 0 saturated heterocycles. The number of carbonyl (C=O) groups excluding carboxylic acids is 1. The van der Waals surface area contributed by atoms with E-state index in [1.54, 1.807) is 19.9 Å². The Kier molecular flexibility index (Phi) is 5.25. The molecule has 0 aliphatic heterocycles. The molecule has 132 valence electrons. The van der Waals surface area contributed by atoms with Crippen LogP contribution in [0.3, 0.4) is 0 Å². The Morgan fingerprint density at radius 3 is 2.64 bits per heavy atom. The van der Waals surface area contributed by atoms with Crippen LogP contribution in [0.2, 0.25) is 0 Å². The van der Waals surface area contributed by atoms with Crippen molar-refractivity contribution >= 4 is 21.6 Å². The minimum absolute atomic E-state index is 0.0332. The van der Waals surface area contributed by atoms with Crippen molar-refractivity contribution in [3.8, 4) is 6.07 Å². The van der Waals surface area contributed by atoms with E-state index in [2.05, 4.69) is 10.0 Å². The maximum atomic E-state index is 14.0. The van der Waals surface area contributed by atoms with Crippen LogP contribution in [0.25, 0.3) is 0 Å². The summed E-state index contributed by atoms with van der Waals surface area (Å²) in [4.78, 5) is 12.3. The lowest BCUT2D eigenvalue weighted by Gasteiger charge is -2.07. The molecular formula is C16H17FN4O3S. The number of hydrogen-bond acceptors (Lipinski definition) is 4. The number of benzene rings is 1. The van der Waals surface area contributed by atoms with Crippen molar-refractivity contribution in [2.45, 2.75) is 24.8 Å². The summed E-state index contributed by atoms with van der Waals surface area (Å²) in [5.74, 6) is -1.54. The molecule has 0 unspecified atom stereocenters. The molecule has 0 saturated carbocycles. The van der Waals surface area contributed by atoms with Gasteiger partial charge in [0.1, 0.15) is 16.7 Å². The van der Waals surface area contributed by atoms with Crippen LogP contribution in [0.4, 0.5) is 10.1 Å². The molecule has 1 heterocycles. The minimum atomic E-state index is -3.75. The standard InChI is InChI=1S/C16H17FN4O3S/c1-10(2)20-25(23,24)12-7-14(21(3)9-12)16(22)19-13-6-4-5-11(8-18)15(13)17/h4-7,9-10,20H,1-3H3,(H,19,22). The third kappa shape index (κ3) is 4.04. The van der Waals surface area contributed by atoms with Gasteiger partial charge in [-0.25, -0.2) is 17.5 Å². The number of rotatable bonds is 5. The molecule has 0 aliphatic carbocycles. The number of hydrogen-bond donors (Lipinski definition) is 2. The fraction of sp³-hybridized carbons (Fsp3) is 0.250. The van der Waals surface area contributed by atoms with Crippen molar-refractivity contribution in [2.75, 3.05) is 5.32 Å². The molecule has 2 aromatic rings. The Labute approximate surface area is 145 Å². The van der Waals surface area contributed by atoms with Crippen molar-refractivity contribution in [1.82, 2.24) is 9.29 Å². The first-order chi connectivity index (χ1) is 11.7. The molecule has 1 aromatic carbocycles. The quantitative estimate of drug-likeness (QED) is 0.846. The first kappa shape index (κ1) is 18.6. The number of halogens is 1. The van der Waals surface area contributed by atoms with E-state index in [9.17, 15) is 17.6 Å². The highest BCUT2D eigenvalue weighted by molar-refractivity contribution is 7.89. The van der Waals surface area contributed by atoms with Crippen molar-refractivity contribution in [2.24, 2.45) is 7.05 Å². The van der Waals surface area contributed by atoms with Crippen LogP contribution in [0, 0.1) is 17.1 Å². The first-order valence-electron chi connectivity index (χ1n) is 7.34. The fourth-order valence-electron chi connectivity index (χ4n) is 2.19. The highest BCUT2D eigenvalue weighted by Crippen LogP contribution is 2.20. The van der Waals surface area contributed by atoms with Gasteiger partial charge >= 0.3 is 0 Å². The van der Waals surface area contributed by atoms with E-state index in [1.165, 1.54) is 42.1 Å². The third-order valence-electron chi connectivity index (χ3n) is 3.28. The highest BCUT2D eigenvalue weighted by Gasteiger charge is 2.22. The van der Waals surface area contributed by atoms with Gasteiger partial charge in [0, 0.05) is 19.3 Å². The van der Waals surface area contributed by atoms with Gasteiger partial charge in [-0.1, -0.05) is 6.07 Å². The topological polar surface area (TPSA) is 104 Å². The Bertz CT molecular complexity index is 958. The van der Waals surface area contributed by atoms with E-state index in [0.29, 0.717) is 0 Å². The lowest BCUT2D eigenvalue weighted by molar-refractivity contribution is 0.101. The summed E-state index contributed by atoms with van der Waals surface area (Å²) in [6.07, 6.45) is 1.29. The molecule has 0 atom stereocenters. The smallest absolute Gasteiger partial charge is 0.272 e. The van der Waals surface area contributed by atoms with Crippen LogP contribution in [0.1, 0.15) is 29.9 Å². The molecule has 0 radical (unpaired) electrons. The monoisotopic (exact) mass is 364 g/mol. The molecule has 2 N–H and O–H groups in total. The van der Waals surface area contributed by atoms with E-state index < -0.39 is 21.7 Å². The number of nitrogens with one attached hydrogen (secondary N) is 2. The first-order valence-corrected chi connectivity index (χ1v) is 8.82. The van der Waals surface area contributed by atoms with Gasteiger partial charge in [-0.05, 0) is 32.0 Å². The summed E-state index contributed by atoms with van der Waals surface area (Å²) < 4.78 is 42.1. The van der Waals surface area contributed by atoms with E-state index in [-0.39, 0.29) is 27.9 Å². The average molecular weight is 364 g/mol. The number of amides is 1. The van der Waals surface area contributed by atoms with Gasteiger partial charge in [0.2, 0.25) is 10.0 Å². The van der Waals surface area contributed by atoms with E-state index in [4.69, 9.17) is 5.26 Å². The Morgan fingerprint density at radius 1 is 1.36 bits per heavy atom. The molecule has 1 aromatic heterocycles. The second kappa shape index (κ2) is 7.04. The lowest BCUT2D eigenvalue weighted by atomic mass is 10.2. The minimum Gasteiger partial charge on any atom is -0.345 e. The molecule has 0 aliphatic rings. The average Bonchev–Trinajstić information content (AvgIpc) is 2.91. The van der Waals surface area contributed by atoms with Crippen LogP contribution in [0.15, 0.2) is 35.4 Å². The molecule has 0 fully saturated rings. The van der Waals surface area contributed by atoms with E-state index >= 15 is 0 Å². The molecule has 0 bridgehead atoms. The summed E-state index contributed by atoms with van der Waals surface area (Å²) in [5, 5.41) is 11.2. The Hall–Kier alpha value is -2.70. The highest BCUT2D eigenvalue weighted by atomic mass is 32.2. The largest absolute Gasteiger partial charge is 0.345 e. The molecule has 2 rings (SSSR count). The number of aryl methyl sites for hydroxylation is 1. The molecule has 1 amide bonds. The zero-order valence-corrected chi connectivity index (χ0v) is 14.7. The second-order valence-corrected chi connectivity index (χ2v) is 7.39. The lowest BCUT2D eigenvalue weighted by Crippen LogP contribution is -2.29.